The van der Waals surface area contributed by atoms with E-state index in [0.717, 1.165) is 31.5 Å². The Morgan fingerprint density at radius 3 is 2.94 bits per heavy atom. The molecule has 2 rings (SSSR count). The number of aromatic nitrogens is 2. The maximum Gasteiger partial charge on any atom is 0.244 e. The fraction of sp³-hybridized carbons (Fsp3) is 0.692. The van der Waals surface area contributed by atoms with Gasteiger partial charge in [-0.05, 0) is 19.4 Å². The molecule has 1 fully saturated rings. The van der Waals surface area contributed by atoms with Gasteiger partial charge in [-0.25, -0.2) is 0 Å². The minimum absolute atomic E-state index is 0.168. The fourth-order valence-corrected chi connectivity index (χ4v) is 2.57. The van der Waals surface area contributed by atoms with E-state index in [1.807, 2.05) is 25.2 Å². The van der Waals surface area contributed by atoms with Gasteiger partial charge in [-0.15, -0.1) is 0 Å². The summed E-state index contributed by atoms with van der Waals surface area (Å²) in [5.74, 6) is 0.835. The van der Waals surface area contributed by atoms with Crippen LogP contribution >= 0.6 is 0 Å². The van der Waals surface area contributed by atoms with Crippen molar-refractivity contribution in [3.8, 4) is 0 Å². The van der Waals surface area contributed by atoms with Gasteiger partial charge >= 0.3 is 0 Å². The van der Waals surface area contributed by atoms with E-state index in [4.69, 9.17) is 0 Å². The van der Waals surface area contributed by atoms with E-state index in [-0.39, 0.29) is 11.9 Å². The molecule has 1 saturated heterocycles. The molecule has 1 aliphatic heterocycles. The lowest BCUT2D eigenvalue weighted by Crippen LogP contribution is -2.38. The molecule has 18 heavy (non-hydrogen) atoms. The second-order valence-electron chi connectivity index (χ2n) is 5.02. The summed E-state index contributed by atoms with van der Waals surface area (Å²) in [7, 11) is 3.69. The van der Waals surface area contributed by atoms with E-state index >= 15 is 0 Å². The lowest BCUT2D eigenvalue weighted by molar-refractivity contribution is -0.132. The predicted molar refractivity (Wildman–Crippen MR) is 70.0 cm³/mol. The fourth-order valence-electron chi connectivity index (χ4n) is 2.57. The van der Waals surface area contributed by atoms with Crippen LogP contribution in [-0.2, 0) is 11.8 Å². The second-order valence-corrected chi connectivity index (χ2v) is 5.02. The maximum atomic E-state index is 12.5. The van der Waals surface area contributed by atoms with Gasteiger partial charge in [0, 0.05) is 31.9 Å². The largest absolute Gasteiger partial charge is 0.341 e. The molecule has 1 aromatic heterocycles. The summed E-state index contributed by atoms with van der Waals surface area (Å²) < 4.78 is 1.73. The van der Waals surface area contributed by atoms with Crippen molar-refractivity contribution in [1.82, 2.24) is 20.0 Å². The molecule has 0 aliphatic carbocycles. The third-order valence-electron chi connectivity index (χ3n) is 3.77. The molecule has 2 heterocycles. The zero-order valence-corrected chi connectivity index (χ0v) is 11.4. The third-order valence-corrected chi connectivity index (χ3v) is 3.77. The Morgan fingerprint density at radius 2 is 2.44 bits per heavy atom. The highest BCUT2D eigenvalue weighted by Gasteiger charge is 2.30. The molecule has 0 bridgehead atoms. The summed E-state index contributed by atoms with van der Waals surface area (Å²) in [4.78, 5) is 14.4. The van der Waals surface area contributed by atoms with Gasteiger partial charge in [0.1, 0.15) is 6.04 Å². The highest BCUT2D eigenvalue weighted by Crippen LogP contribution is 2.23. The first-order chi connectivity index (χ1) is 8.65. The molecule has 0 spiro atoms. The van der Waals surface area contributed by atoms with Crippen LogP contribution in [0.3, 0.4) is 0 Å². The number of aryl methyl sites for hydroxylation is 1. The minimum atomic E-state index is -0.269. The van der Waals surface area contributed by atoms with Gasteiger partial charge in [0.2, 0.25) is 5.91 Å². The van der Waals surface area contributed by atoms with Gasteiger partial charge in [0.05, 0.1) is 6.20 Å². The number of likely N-dealkylation sites (tertiary alicyclic amines) is 1. The Bertz CT molecular complexity index is 415. The van der Waals surface area contributed by atoms with Gasteiger partial charge in [-0.3, -0.25) is 9.48 Å². The number of nitrogens with zero attached hydrogens (tertiary/aromatic N) is 3. The second kappa shape index (κ2) is 5.52. The Morgan fingerprint density at radius 1 is 1.67 bits per heavy atom. The van der Waals surface area contributed by atoms with E-state index in [2.05, 4.69) is 17.3 Å². The smallest absolute Gasteiger partial charge is 0.244 e. The van der Waals surface area contributed by atoms with E-state index in [1.54, 1.807) is 10.9 Å². The normalized spacial score (nSPS) is 21.3. The average molecular weight is 250 g/mol. The van der Waals surface area contributed by atoms with Crippen molar-refractivity contribution in [3.63, 3.8) is 0 Å². The molecule has 1 aliphatic rings. The molecule has 5 nitrogen and oxygen atoms in total. The van der Waals surface area contributed by atoms with Crippen molar-refractivity contribution >= 4 is 5.91 Å². The Balaban J connectivity index is 2.07. The molecular formula is C13H22N4O. The molecule has 2 unspecified atom stereocenters. The highest BCUT2D eigenvalue weighted by atomic mass is 16.2. The number of likely N-dealkylation sites (N-methyl/N-ethyl adjacent to an activating group) is 1. The van der Waals surface area contributed by atoms with Gasteiger partial charge < -0.3 is 10.2 Å². The molecule has 1 amide bonds. The van der Waals surface area contributed by atoms with Gasteiger partial charge in [-0.2, -0.15) is 5.10 Å². The average Bonchev–Trinajstić information content (AvgIpc) is 2.99. The van der Waals surface area contributed by atoms with Crippen molar-refractivity contribution < 1.29 is 4.79 Å². The Hall–Kier alpha value is -1.36. The van der Waals surface area contributed by atoms with Gasteiger partial charge in [0.25, 0.3) is 0 Å². The summed E-state index contributed by atoms with van der Waals surface area (Å²) in [6, 6.07) is -0.269. The van der Waals surface area contributed by atoms with E-state index in [0.29, 0.717) is 5.92 Å². The summed E-state index contributed by atoms with van der Waals surface area (Å²) in [6.07, 6.45) is 5.94. The van der Waals surface area contributed by atoms with Crippen molar-refractivity contribution in [3.05, 3.63) is 18.0 Å². The molecule has 1 N–H and O–H groups in total. The van der Waals surface area contributed by atoms with Crippen LogP contribution in [-0.4, -0.2) is 40.7 Å². The van der Waals surface area contributed by atoms with Crippen LogP contribution in [0.4, 0.5) is 0 Å². The monoisotopic (exact) mass is 250 g/mol. The number of carbonyl (C=O) groups excluding carboxylic acids is 1. The van der Waals surface area contributed by atoms with E-state index in [1.165, 1.54) is 0 Å². The zero-order chi connectivity index (χ0) is 13.1. The van der Waals surface area contributed by atoms with Crippen LogP contribution in [0.1, 0.15) is 31.4 Å². The first kappa shape index (κ1) is 13.1. The molecule has 5 heteroatoms. The summed E-state index contributed by atoms with van der Waals surface area (Å²) in [5.41, 5.74) is 0.935. The number of amides is 1. The van der Waals surface area contributed by atoms with Crippen molar-refractivity contribution in [2.24, 2.45) is 13.0 Å². The number of hydrogen-bond acceptors (Lipinski definition) is 3. The van der Waals surface area contributed by atoms with Crippen LogP contribution in [0, 0.1) is 5.92 Å². The van der Waals surface area contributed by atoms with Crippen LogP contribution in [0.2, 0.25) is 0 Å². The zero-order valence-electron chi connectivity index (χ0n) is 11.4. The Kier molecular flexibility index (Phi) is 4.01. The SMILES string of the molecule is CCC1CCN(C(=O)C(NC)c2cnn(C)c2)C1. The molecule has 0 saturated carbocycles. The quantitative estimate of drug-likeness (QED) is 0.865. The first-order valence-electron chi connectivity index (χ1n) is 6.60. The van der Waals surface area contributed by atoms with Crippen LogP contribution < -0.4 is 5.32 Å². The summed E-state index contributed by atoms with van der Waals surface area (Å²) in [6.45, 7) is 3.97. The van der Waals surface area contributed by atoms with Gasteiger partial charge in [0.15, 0.2) is 0 Å². The summed E-state index contributed by atoms with van der Waals surface area (Å²) >= 11 is 0. The topological polar surface area (TPSA) is 50.2 Å². The number of carbonyl (C=O) groups is 1. The number of rotatable bonds is 4. The van der Waals surface area contributed by atoms with E-state index < -0.39 is 0 Å². The van der Waals surface area contributed by atoms with Crippen molar-refractivity contribution in [1.29, 1.82) is 0 Å². The first-order valence-corrected chi connectivity index (χ1v) is 6.60. The minimum Gasteiger partial charge on any atom is -0.341 e. The number of hydrogen-bond donors (Lipinski definition) is 1. The molecule has 100 valence electrons. The standard InChI is InChI=1S/C13H22N4O/c1-4-10-5-6-17(8-10)13(18)12(14-2)11-7-15-16(3)9-11/h7,9-10,12,14H,4-6,8H2,1-3H3. The van der Waals surface area contributed by atoms with E-state index in [9.17, 15) is 4.79 Å². The maximum absolute atomic E-state index is 12.5. The molecule has 2 atom stereocenters. The Labute approximate surface area is 108 Å². The van der Waals surface area contributed by atoms with Crippen LogP contribution in [0.15, 0.2) is 12.4 Å². The van der Waals surface area contributed by atoms with Gasteiger partial charge in [-0.1, -0.05) is 13.3 Å². The lowest BCUT2D eigenvalue weighted by Gasteiger charge is -2.22. The van der Waals surface area contributed by atoms with Crippen LogP contribution in [0.25, 0.3) is 0 Å². The molecule has 1 aromatic rings. The highest BCUT2D eigenvalue weighted by molar-refractivity contribution is 5.83. The predicted octanol–water partition coefficient (Wildman–Crippen LogP) is 0.939. The van der Waals surface area contributed by atoms with Crippen molar-refractivity contribution in [2.75, 3.05) is 20.1 Å². The summed E-state index contributed by atoms with van der Waals surface area (Å²) in [5, 5.41) is 7.23. The molecule has 0 radical (unpaired) electrons. The molecular weight excluding hydrogens is 228 g/mol. The molecule has 0 aromatic carbocycles. The lowest BCUT2D eigenvalue weighted by atomic mass is 10.1. The van der Waals surface area contributed by atoms with Crippen molar-refractivity contribution in [2.45, 2.75) is 25.8 Å². The van der Waals surface area contributed by atoms with Crippen LogP contribution in [0.5, 0.6) is 0 Å². The number of nitrogens with one attached hydrogen (secondary N) is 1. The third kappa shape index (κ3) is 2.56.